The van der Waals surface area contributed by atoms with E-state index in [0.717, 1.165) is 30.9 Å². The normalized spacial score (nSPS) is 14.5. The number of amidine groups is 1. The van der Waals surface area contributed by atoms with Gasteiger partial charge < -0.3 is 5.32 Å². The van der Waals surface area contributed by atoms with Crippen molar-refractivity contribution in [2.24, 2.45) is 4.99 Å². The Morgan fingerprint density at radius 1 is 1.36 bits per heavy atom. The molecule has 0 fully saturated rings. The molecule has 0 atom stereocenters. The molecule has 1 aromatic carbocycles. The molecular weight excluding hydrogens is 203 g/mol. The van der Waals surface area contributed by atoms with Crippen molar-refractivity contribution in [2.45, 2.75) is 12.8 Å². The van der Waals surface area contributed by atoms with E-state index < -0.39 is 0 Å². The maximum Gasteiger partial charge on any atom is 0.125 e. The first-order valence-electron chi connectivity index (χ1n) is 4.40. The summed E-state index contributed by atoms with van der Waals surface area (Å²) >= 11 is 0. The molecule has 1 aliphatic heterocycles. The molecule has 1 N–H and O–H groups in total. The second-order valence-electron chi connectivity index (χ2n) is 3.07. The topological polar surface area (TPSA) is 24.4 Å². The first kappa shape index (κ1) is 11.0. The van der Waals surface area contributed by atoms with E-state index >= 15 is 0 Å². The molecule has 2 rings (SSSR count). The number of benzene rings is 1. The Morgan fingerprint density at radius 2 is 2.21 bits per heavy atom. The van der Waals surface area contributed by atoms with Gasteiger partial charge in [-0.2, -0.15) is 0 Å². The fourth-order valence-electron chi connectivity index (χ4n) is 1.37. The van der Waals surface area contributed by atoms with Crippen molar-refractivity contribution in [3.05, 3.63) is 30.1 Å². The predicted molar refractivity (Wildman–Crippen MR) is 58.8 cm³/mol. The van der Waals surface area contributed by atoms with Gasteiger partial charge in [-0.05, 0) is 24.6 Å². The van der Waals surface area contributed by atoms with Crippen LogP contribution < -0.4 is 5.32 Å². The highest BCUT2D eigenvalue weighted by Crippen LogP contribution is 2.12. The second-order valence-corrected chi connectivity index (χ2v) is 3.07. The zero-order chi connectivity index (χ0) is 9.10. The predicted octanol–water partition coefficient (Wildman–Crippen LogP) is 2.85. The molecule has 0 amide bonds. The van der Waals surface area contributed by atoms with Gasteiger partial charge in [-0.1, -0.05) is 6.07 Å². The van der Waals surface area contributed by atoms with Gasteiger partial charge in [0.05, 0.1) is 0 Å². The summed E-state index contributed by atoms with van der Waals surface area (Å²) in [5.41, 5.74) is 0.778. The van der Waals surface area contributed by atoms with E-state index in [2.05, 4.69) is 10.3 Å². The maximum absolute atomic E-state index is 12.8. The van der Waals surface area contributed by atoms with Gasteiger partial charge in [-0.3, -0.25) is 4.99 Å². The van der Waals surface area contributed by atoms with Gasteiger partial charge in [0.1, 0.15) is 11.7 Å². The van der Waals surface area contributed by atoms with Gasteiger partial charge in [0, 0.05) is 18.7 Å². The Bertz CT molecular complexity index is 339. The van der Waals surface area contributed by atoms with Crippen LogP contribution in [0.1, 0.15) is 12.8 Å². The largest absolute Gasteiger partial charge is 0.344 e. The summed E-state index contributed by atoms with van der Waals surface area (Å²) in [5.74, 6) is 0.745. The monoisotopic (exact) mass is 214 g/mol. The van der Waals surface area contributed by atoms with Crippen LogP contribution >= 0.6 is 12.4 Å². The molecule has 0 aromatic heterocycles. The number of nitrogens with one attached hydrogen (secondary N) is 1. The molecule has 0 aliphatic carbocycles. The zero-order valence-electron chi connectivity index (χ0n) is 7.66. The molecule has 1 aliphatic rings. The van der Waals surface area contributed by atoms with Crippen molar-refractivity contribution < 1.29 is 4.39 Å². The van der Waals surface area contributed by atoms with Gasteiger partial charge in [0.25, 0.3) is 0 Å². The Hall–Kier alpha value is -1.09. The first-order valence-corrected chi connectivity index (χ1v) is 4.40. The van der Waals surface area contributed by atoms with Crippen LogP contribution in [0.25, 0.3) is 0 Å². The summed E-state index contributed by atoms with van der Waals surface area (Å²) in [5, 5.41) is 3.09. The molecule has 0 bridgehead atoms. The molecular formula is C10H12ClFN2. The van der Waals surface area contributed by atoms with Gasteiger partial charge in [0.15, 0.2) is 0 Å². The molecule has 76 valence electrons. The summed E-state index contributed by atoms with van der Waals surface area (Å²) in [6.07, 6.45) is 2.06. The summed E-state index contributed by atoms with van der Waals surface area (Å²) in [7, 11) is 0. The van der Waals surface area contributed by atoms with Crippen LogP contribution in [0.4, 0.5) is 10.1 Å². The first-order chi connectivity index (χ1) is 6.34. The highest BCUT2D eigenvalue weighted by molar-refractivity contribution is 5.96. The Kier molecular flexibility index (Phi) is 3.89. The van der Waals surface area contributed by atoms with Gasteiger partial charge >= 0.3 is 0 Å². The smallest absolute Gasteiger partial charge is 0.125 e. The lowest BCUT2D eigenvalue weighted by Gasteiger charge is -2.04. The van der Waals surface area contributed by atoms with E-state index in [1.54, 1.807) is 6.07 Å². The average molecular weight is 215 g/mol. The van der Waals surface area contributed by atoms with Crippen LogP contribution in [-0.2, 0) is 0 Å². The molecule has 0 saturated heterocycles. The Morgan fingerprint density at radius 3 is 2.86 bits per heavy atom. The van der Waals surface area contributed by atoms with Crippen LogP contribution in [-0.4, -0.2) is 12.4 Å². The maximum atomic E-state index is 12.8. The van der Waals surface area contributed by atoms with Crippen LogP contribution in [0.2, 0.25) is 0 Å². The van der Waals surface area contributed by atoms with E-state index in [1.807, 2.05) is 6.07 Å². The van der Waals surface area contributed by atoms with E-state index in [4.69, 9.17) is 0 Å². The minimum absolute atomic E-state index is 0. The van der Waals surface area contributed by atoms with E-state index in [0.29, 0.717) is 0 Å². The van der Waals surface area contributed by atoms with Crippen molar-refractivity contribution in [3.63, 3.8) is 0 Å². The molecule has 0 saturated carbocycles. The SMILES string of the molecule is Cl.Fc1cccc(NC2=NCCC2)c1. The summed E-state index contributed by atoms with van der Waals surface area (Å²) in [6, 6.07) is 6.43. The van der Waals surface area contributed by atoms with Crippen molar-refractivity contribution in [3.8, 4) is 0 Å². The van der Waals surface area contributed by atoms with E-state index in [1.165, 1.54) is 12.1 Å². The number of halogens is 2. The third-order valence-electron chi connectivity index (χ3n) is 1.99. The summed E-state index contributed by atoms with van der Waals surface area (Å²) in [4.78, 5) is 4.24. The minimum atomic E-state index is -0.219. The zero-order valence-corrected chi connectivity index (χ0v) is 8.48. The van der Waals surface area contributed by atoms with E-state index in [-0.39, 0.29) is 18.2 Å². The van der Waals surface area contributed by atoms with Crippen LogP contribution in [0, 0.1) is 5.82 Å². The third-order valence-corrected chi connectivity index (χ3v) is 1.99. The number of hydrogen-bond acceptors (Lipinski definition) is 2. The molecule has 2 nitrogen and oxygen atoms in total. The quantitative estimate of drug-likeness (QED) is 0.764. The van der Waals surface area contributed by atoms with Crippen molar-refractivity contribution in [1.82, 2.24) is 0 Å². The van der Waals surface area contributed by atoms with Crippen molar-refractivity contribution in [1.29, 1.82) is 0 Å². The number of nitrogens with zero attached hydrogens (tertiary/aromatic N) is 1. The molecule has 1 aromatic rings. The molecule has 4 heteroatoms. The fourth-order valence-corrected chi connectivity index (χ4v) is 1.37. The molecule has 1 heterocycles. The van der Waals surface area contributed by atoms with Gasteiger partial charge in [-0.25, -0.2) is 4.39 Å². The summed E-state index contributed by atoms with van der Waals surface area (Å²) in [6.45, 7) is 0.887. The molecule has 14 heavy (non-hydrogen) atoms. The lowest BCUT2D eigenvalue weighted by Crippen LogP contribution is -2.08. The number of rotatable bonds is 1. The Balaban J connectivity index is 0.000000980. The number of aliphatic imine (C=N–C) groups is 1. The standard InChI is InChI=1S/C10H11FN2.ClH/c11-8-3-1-4-9(7-8)13-10-5-2-6-12-10;/h1,3-4,7H,2,5-6H2,(H,12,13);1H. The van der Waals surface area contributed by atoms with Crippen molar-refractivity contribution in [2.75, 3.05) is 11.9 Å². The lowest BCUT2D eigenvalue weighted by atomic mass is 10.3. The minimum Gasteiger partial charge on any atom is -0.344 e. The van der Waals surface area contributed by atoms with E-state index in [9.17, 15) is 4.39 Å². The second kappa shape index (κ2) is 4.96. The average Bonchev–Trinajstić information content (AvgIpc) is 2.57. The van der Waals surface area contributed by atoms with Crippen LogP contribution in [0.5, 0.6) is 0 Å². The van der Waals surface area contributed by atoms with Gasteiger partial charge in [-0.15, -0.1) is 12.4 Å². The number of hydrogen-bond donors (Lipinski definition) is 1. The molecule has 0 radical (unpaired) electrons. The Labute approximate surface area is 88.6 Å². The lowest BCUT2D eigenvalue weighted by molar-refractivity contribution is 0.628. The highest BCUT2D eigenvalue weighted by atomic mass is 35.5. The third kappa shape index (κ3) is 2.70. The molecule has 0 spiro atoms. The van der Waals surface area contributed by atoms with Crippen LogP contribution in [0.3, 0.4) is 0 Å². The van der Waals surface area contributed by atoms with Crippen molar-refractivity contribution >= 4 is 23.9 Å². The molecule has 0 unspecified atom stereocenters. The van der Waals surface area contributed by atoms with Crippen LogP contribution in [0.15, 0.2) is 29.3 Å². The highest BCUT2D eigenvalue weighted by Gasteiger charge is 2.05. The van der Waals surface area contributed by atoms with Gasteiger partial charge in [0.2, 0.25) is 0 Å². The number of anilines is 1. The summed E-state index contributed by atoms with van der Waals surface area (Å²) < 4.78 is 12.8. The fraction of sp³-hybridized carbons (Fsp3) is 0.300.